The molecule has 0 aromatic heterocycles. The summed E-state index contributed by atoms with van der Waals surface area (Å²) in [4.78, 5) is 12.4. The Hall–Kier alpha value is -2.53. The zero-order chi connectivity index (χ0) is 17.9. The topological polar surface area (TPSA) is 70.6 Å². The molecule has 0 saturated carbocycles. The lowest BCUT2D eigenvalue weighted by Gasteiger charge is -2.19. The number of benzene rings is 2. The van der Waals surface area contributed by atoms with Crippen molar-refractivity contribution in [3.05, 3.63) is 60.2 Å². The summed E-state index contributed by atoms with van der Waals surface area (Å²) < 4.78 is 5.58. The summed E-state index contributed by atoms with van der Waals surface area (Å²) >= 11 is 0. The maximum absolute atomic E-state index is 12.4. The Balaban J connectivity index is 1.98. The summed E-state index contributed by atoms with van der Waals surface area (Å²) in [7, 11) is 0. The molecule has 2 rings (SSSR count). The van der Waals surface area contributed by atoms with Crippen LogP contribution in [0.4, 0.5) is 10.5 Å². The SMILES string of the molecule is CCCOc1cccc(NC(=O)NC(CCCO)c2ccccc2)c1. The van der Waals surface area contributed by atoms with Gasteiger partial charge in [-0.2, -0.15) is 0 Å². The van der Waals surface area contributed by atoms with Crippen LogP contribution < -0.4 is 15.4 Å². The normalized spacial score (nSPS) is 11.6. The first-order valence-corrected chi connectivity index (χ1v) is 8.69. The first kappa shape index (κ1) is 18.8. The summed E-state index contributed by atoms with van der Waals surface area (Å²) in [5, 5.41) is 14.9. The molecule has 0 aliphatic carbocycles. The van der Waals surface area contributed by atoms with Crippen LogP contribution in [0, 0.1) is 0 Å². The third kappa shape index (κ3) is 6.47. The van der Waals surface area contributed by atoms with Crippen molar-refractivity contribution in [3.8, 4) is 5.75 Å². The van der Waals surface area contributed by atoms with Crippen LogP contribution in [0.1, 0.15) is 37.8 Å². The van der Waals surface area contributed by atoms with Crippen molar-refractivity contribution < 1.29 is 14.6 Å². The molecular formula is C20H26N2O3. The monoisotopic (exact) mass is 342 g/mol. The molecule has 0 aliphatic rings. The van der Waals surface area contributed by atoms with Gasteiger partial charge in [-0.3, -0.25) is 0 Å². The van der Waals surface area contributed by atoms with E-state index in [-0.39, 0.29) is 18.7 Å². The number of amides is 2. The van der Waals surface area contributed by atoms with E-state index in [9.17, 15) is 4.79 Å². The standard InChI is InChI=1S/C20H26N2O3/c1-2-14-25-18-11-6-10-17(15-18)21-20(24)22-19(12-7-13-23)16-8-4-3-5-9-16/h3-6,8-11,15,19,23H,2,7,12-14H2,1H3,(H2,21,22,24). The number of urea groups is 1. The molecule has 2 aromatic carbocycles. The molecular weight excluding hydrogens is 316 g/mol. The predicted molar refractivity (Wildman–Crippen MR) is 99.9 cm³/mol. The van der Waals surface area contributed by atoms with Gasteiger partial charge in [-0.15, -0.1) is 0 Å². The third-order valence-electron chi connectivity index (χ3n) is 3.72. The summed E-state index contributed by atoms with van der Waals surface area (Å²) in [6.07, 6.45) is 2.23. The van der Waals surface area contributed by atoms with Gasteiger partial charge in [-0.1, -0.05) is 43.3 Å². The minimum atomic E-state index is -0.278. The lowest BCUT2D eigenvalue weighted by Crippen LogP contribution is -2.32. The molecule has 5 nitrogen and oxygen atoms in total. The highest BCUT2D eigenvalue weighted by atomic mass is 16.5. The molecule has 0 bridgehead atoms. The average Bonchev–Trinajstić information content (AvgIpc) is 2.64. The number of nitrogens with one attached hydrogen (secondary N) is 2. The lowest BCUT2D eigenvalue weighted by atomic mass is 10.0. The number of anilines is 1. The van der Waals surface area contributed by atoms with E-state index in [0.29, 0.717) is 25.1 Å². The van der Waals surface area contributed by atoms with E-state index in [1.807, 2.05) is 55.5 Å². The van der Waals surface area contributed by atoms with E-state index in [4.69, 9.17) is 9.84 Å². The fraction of sp³-hybridized carbons (Fsp3) is 0.350. The lowest BCUT2D eigenvalue weighted by molar-refractivity contribution is 0.244. The molecule has 0 spiro atoms. The molecule has 3 N–H and O–H groups in total. The van der Waals surface area contributed by atoms with Crippen molar-refractivity contribution in [2.24, 2.45) is 0 Å². The molecule has 0 fully saturated rings. The van der Waals surface area contributed by atoms with Gasteiger partial charge in [0.05, 0.1) is 12.6 Å². The molecule has 5 heteroatoms. The highest BCUT2D eigenvalue weighted by Gasteiger charge is 2.14. The van der Waals surface area contributed by atoms with Crippen LogP contribution in [0.25, 0.3) is 0 Å². The fourth-order valence-electron chi connectivity index (χ4n) is 2.51. The first-order chi connectivity index (χ1) is 12.2. The van der Waals surface area contributed by atoms with E-state index in [1.165, 1.54) is 0 Å². The second-order valence-electron chi connectivity index (χ2n) is 5.80. The molecule has 1 atom stereocenters. The zero-order valence-electron chi connectivity index (χ0n) is 14.6. The summed E-state index contributed by atoms with van der Waals surface area (Å²) in [5.74, 6) is 0.736. The average molecular weight is 342 g/mol. The van der Waals surface area contributed by atoms with Gasteiger partial charge in [0, 0.05) is 18.4 Å². The smallest absolute Gasteiger partial charge is 0.319 e. The van der Waals surface area contributed by atoms with Crippen molar-refractivity contribution in [2.45, 2.75) is 32.2 Å². The predicted octanol–water partition coefficient (Wildman–Crippen LogP) is 4.11. The zero-order valence-corrected chi connectivity index (χ0v) is 14.6. The fourth-order valence-corrected chi connectivity index (χ4v) is 2.51. The number of carbonyl (C=O) groups excluding carboxylic acids is 1. The van der Waals surface area contributed by atoms with Gasteiger partial charge in [0.1, 0.15) is 5.75 Å². The Kier molecular flexibility index (Phi) is 7.79. The number of ether oxygens (including phenoxy) is 1. The first-order valence-electron chi connectivity index (χ1n) is 8.69. The minimum Gasteiger partial charge on any atom is -0.494 e. The highest BCUT2D eigenvalue weighted by Crippen LogP contribution is 2.20. The van der Waals surface area contributed by atoms with E-state index in [0.717, 1.165) is 17.7 Å². The van der Waals surface area contributed by atoms with E-state index in [2.05, 4.69) is 10.6 Å². The quantitative estimate of drug-likeness (QED) is 0.642. The minimum absolute atomic E-state index is 0.101. The van der Waals surface area contributed by atoms with Gasteiger partial charge >= 0.3 is 6.03 Å². The summed E-state index contributed by atoms with van der Waals surface area (Å²) in [5.41, 5.74) is 1.70. The van der Waals surface area contributed by atoms with Crippen LogP contribution in [0.3, 0.4) is 0 Å². The highest BCUT2D eigenvalue weighted by molar-refractivity contribution is 5.89. The van der Waals surface area contributed by atoms with Crippen LogP contribution in [-0.4, -0.2) is 24.4 Å². The Morgan fingerprint density at radius 2 is 1.96 bits per heavy atom. The Morgan fingerprint density at radius 1 is 1.16 bits per heavy atom. The number of carbonyl (C=O) groups is 1. The number of aliphatic hydroxyl groups is 1. The van der Waals surface area contributed by atoms with Gasteiger partial charge in [0.15, 0.2) is 0 Å². The van der Waals surface area contributed by atoms with E-state index in [1.54, 1.807) is 6.07 Å². The molecule has 0 heterocycles. The molecule has 0 aliphatic heterocycles. The second-order valence-corrected chi connectivity index (χ2v) is 5.80. The van der Waals surface area contributed by atoms with E-state index >= 15 is 0 Å². The van der Waals surface area contributed by atoms with Crippen molar-refractivity contribution in [3.63, 3.8) is 0 Å². The van der Waals surface area contributed by atoms with Crippen LogP contribution in [-0.2, 0) is 0 Å². The number of rotatable bonds is 9. The van der Waals surface area contributed by atoms with Crippen LogP contribution in [0.5, 0.6) is 5.75 Å². The molecule has 0 saturated heterocycles. The number of aliphatic hydroxyl groups excluding tert-OH is 1. The Bertz CT molecular complexity index is 646. The third-order valence-corrected chi connectivity index (χ3v) is 3.72. The number of hydrogen-bond donors (Lipinski definition) is 3. The van der Waals surface area contributed by atoms with Crippen molar-refractivity contribution in [1.29, 1.82) is 0 Å². The summed E-state index contributed by atoms with van der Waals surface area (Å²) in [6, 6.07) is 16.7. The van der Waals surface area contributed by atoms with Gasteiger partial charge in [0.25, 0.3) is 0 Å². The molecule has 134 valence electrons. The maximum Gasteiger partial charge on any atom is 0.319 e. The number of hydrogen-bond acceptors (Lipinski definition) is 3. The Labute approximate surface area is 149 Å². The van der Waals surface area contributed by atoms with Gasteiger partial charge in [-0.05, 0) is 37.0 Å². The molecule has 1 unspecified atom stereocenters. The van der Waals surface area contributed by atoms with Crippen LogP contribution in [0.15, 0.2) is 54.6 Å². The van der Waals surface area contributed by atoms with Gasteiger partial charge in [-0.25, -0.2) is 4.79 Å². The van der Waals surface area contributed by atoms with Crippen LogP contribution in [0.2, 0.25) is 0 Å². The van der Waals surface area contributed by atoms with Gasteiger partial charge in [0.2, 0.25) is 0 Å². The molecule has 2 amide bonds. The van der Waals surface area contributed by atoms with Crippen LogP contribution >= 0.6 is 0 Å². The van der Waals surface area contributed by atoms with Crippen molar-refractivity contribution in [1.82, 2.24) is 5.32 Å². The van der Waals surface area contributed by atoms with Crippen molar-refractivity contribution >= 4 is 11.7 Å². The molecule has 2 aromatic rings. The van der Waals surface area contributed by atoms with Gasteiger partial charge < -0.3 is 20.5 Å². The maximum atomic E-state index is 12.4. The largest absolute Gasteiger partial charge is 0.494 e. The van der Waals surface area contributed by atoms with Crippen molar-refractivity contribution in [2.75, 3.05) is 18.5 Å². The molecule has 0 radical (unpaired) electrons. The molecule has 25 heavy (non-hydrogen) atoms. The van der Waals surface area contributed by atoms with E-state index < -0.39 is 0 Å². The summed E-state index contributed by atoms with van der Waals surface area (Å²) in [6.45, 7) is 2.79. The second kappa shape index (κ2) is 10.4. The Morgan fingerprint density at radius 3 is 2.68 bits per heavy atom.